The Labute approximate surface area is 120 Å². The minimum Gasteiger partial charge on any atom is -0.320 e. The van der Waals surface area contributed by atoms with Gasteiger partial charge in [-0.05, 0) is 51.8 Å². The van der Waals surface area contributed by atoms with Gasteiger partial charge in [-0.1, -0.05) is 22.0 Å². The molecule has 0 saturated carbocycles. The highest BCUT2D eigenvalue weighted by Crippen LogP contribution is 2.27. The molecular formula is C13H9Br2F2N. The number of halogens is 4. The van der Waals surface area contributed by atoms with Gasteiger partial charge in [0.15, 0.2) is 0 Å². The first-order chi connectivity index (χ1) is 8.49. The van der Waals surface area contributed by atoms with Gasteiger partial charge >= 0.3 is 0 Å². The second kappa shape index (κ2) is 5.47. The zero-order valence-corrected chi connectivity index (χ0v) is 12.3. The standard InChI is InChI=1S/C13H9Br2F2N/c14-8-2-4-11(16)9(6-8)13(18)7-1-3-10(15)12(17)5-7/h1-6,13H,18H2. The highest BCUT2D eigenvalue weighted by molar-refractivity contribution is 9.10. The van der Waals surface area contributed by atoms with E-state index in [4.69, 9.17) is 5.73 Å². The van der Waals surface area contributed by atoms with Gasteiger partial charge in [0, 0.05) is 10.0 Å². The summed E-state index contributed by atoms with van der Waals surface area (Å²) in [5.74, 6) is -0.826. The van der Waals surface area contributed by atoms with Crippen LogP contribution in [0, 0.1) is 11.6 Å². The minimum atomic E-state index is -0.704. The first-order valence-electron chi connectivity index (χ1n) is 5.14. The van der Waals surface area contributed by atoms with Crippen molar-refractivity contribution in [2.45, 2.75) is 6.04 Å². The van der Waals surface area contributed by atoms with E-state index in [1.807, 2.05) is 0 Å². The largest absolute Gasteiger partial charge is 0.320 e. The van der Waals surface area contributed by atoms with Crippen molar-refractivity contribution < 1.29 is 8.78 Å². The van der Waals surface area contributed by atoms with E-state index in [9.17, 15) is 8.78 Å². The molecule has 0 amide bonds. The van der Waals surface area contributed by atoms with E-state index in [-0.39, 0.29) is 0 Å². The Bertz CT molecular complexity index is 587. The molecule has 5 heteroatoms. The Morgan fingerprint density at radius 3 is 2.33 bits per heavy atom. The molecule has 1 atom stereocenters. The molecule has 2 rings (SSSR count). The molecule has 0 radical (unpaired) electrons. The van der Waals surface area contributed by atoms with Crippen LogP contribution in [0.4, 0.5) is 8.78 Å². The van der Waals surface area contributed by atoms with E-state index < -0.39 is 17.7 Å². The molecule has 0 heterocycles. The third kappa shape index (κ3) is 2.79. The minimum absolute atomic E-state index is 0.325. The Morgan fingerprint density at radius 1 is 0.944 bits per heavy atom. The van der Waals surface area contributed by atoms with Crippen molar-refractivity contribution >= 4 is 31.9 Å². The lowest BCUT2D eigenvalue weighted by Crippen LogP contribution is -2.14. The summed E-state index contributed by atoms with van der Waals surface area (Å²) in [5, 5.41) is 0. The summed E-state index contributed by atoms with van der Waals surface area (Å²) in [5.41, 5.74) is 6.81. The molecule has 0 bridgehead atoms. The average molecular weight is 377 g/mol. The fourth-order valence-electron chi connectivity index (χ4n) is 1.64. The number of rotatable bonds is 2. The van der Waals surface area contributed by atoms with Gasteiger partial charge < -0.3 is 5.73 Å². The van der Waals surface area contributed by atoms with Crippen LogP contribution in [0.5, 0.6) is 0 Å². The SMILES string of the molecule is NC(c1ccc(Br)c(F)c1)c1cc(Br)ccc1F. The zero-order chi connectivity index (χ0) is 13.3. The molecule has 0 fully saturated rings. The summed E-state index contributed by atoms with van der Waals surface area (Å²) in [6, 6.07) is 8.33. The van der Waals surface area contributed by atoms with Crippen LogP contribution in [0.3, 0.4) is 0 Å². The van der Waals surface area contributed by atoms with Crippen molar-refractivity contribution in [3.8, 4) is 0 Å². The van der Waals surface area contributed by atoms with Crippen molar-refractivity contribution in [1.29, 1.82) is 0 Å². The molecule has 0 aliphatic rings. The second-order valence-corrected chi connectivity index (χ2v) is 5.59. The van der Waals surface area contributed by atoms with E-state index in [0.29, 0.717) is 15.6 Å². The second-order valence-electron chi connectivity index (χ2n) is 3.82. The Hall–Kier alpha value is -0.780. The number of hydrogen-bond acceptors (Lipinski definition) is 1. The maximum atomic E-state index is 13.7. The highest BCUT2D eigenvalue weighted by Gasteiger charge is 2.15. The molecule has 2 aromatic carbocycles. The predicted octanol–water partition coefficient (Wildman–Crippen LogP) is 4.54. The van der Waals surface area contributed by atoms with E-state index in [2.05, 4.69) is 31.9 Å². The van der Waals surface area contributed by atoms with E-state index in [1.54, 1.807) is 24.3 Å². The summed E-state index contributed by atoms with van der Waals surface area (Å²) in [6.07, 6.45) is 0. The molecule has 2 N–H and O–H groups in total. The molecule has 0 spiro atoms. The number of benzene rings is 2. The van der Waals surface area contributed by atoms with Crippen molar-refractivity contribution in [3.63, 3.8) is 0 Å². The first-order valence-corrected chi connectivity index (χ1v) is 6.73. The van der Waals surface area contributed by atoms with Gasteiger partial charge in [0.1, 0.15) is 11.6 Å². The van der Waals surface area contributed by atoms with Crippen LogP contribution in [0.15, 0.2) is 45.3 Å². The van der Waals surface area contributed by atoms with Crippen molar-refractivity contribution in [1.82, 2.24) is 0 Å². The highest BCUT2D eigenvalue weighted by atomic mass is 79.9. The van der Waals surface area contributed by atoms with Crippen LogP contribution in [0.25, 0.3) is 0 Å². The number of hydrogen-bond donors (Lipinski definition) is 1. The summed E-state index contributed by atoms with van der Waals surface area (Å²) in [6.45, 7) is 0. The summed E-state index contributed by atoms with van der Waals surface area (Å²) < 4.78 is 28.2. The average Bonchev–Trinajstić information content (AvgIpc) is 2.35. The smallest absolute Gasteiger partial charge is 0.137 e. The van der Waals surface area contributed by atoms with Gasteiger partial charge in [0.25, 0.3) is 0 Å². The molecule has 0 aliphatic heterocycles. The van der Waals surface area contributed by atoms with Gasteiger partial charge in [0.05, 0.1) is 10.5 Å². The fraction of sp³-hybridized carbons (Fsp3) is 0.0769. The fourth-order valence-corrected chi connectivity index (χ4v) is 2.26. The van der Waals surface area contributed by atoms with Crippen LogP contribution in [-0.4, -0.2) is 0 Å². The van der Waals surface area contributed by atoms with Gasteiger partial charge in [-0.3, -0.25) is 0 Å². The van der Waals surface area contributed by atoms with Crippen molar-refractivity contribution in [3.05, 3.63) is 68.1 Å². The quantitative estimate of drug-likeness (QED) is 0.818. The van der Waals surface area contributed by atoms with Gasteiger partial charge in [-0.2, -0.15) is 0 Å². The Morgan fingerprint density at radius 2 is 1.67 bits per heavy atom. The molecule has 0 aliphatic carbocycles. The van der Waals surface area contributed by atoms with Crippen LogP contribution in [-0.2, 0) is 0 Å². The topological polar surface area (TPSA) is 26.0 Å². The summed E-state index contributed by atoms with van der Waals surface area (Å²) >= 11 is 6.32. The van der Waals surface area contributed by atoms with Gasteiger partial charge in [-0.15, -0.1) is 0 Å². The third-order valence-electron chi connectivity index (χ3n) is 2.60. The molecule has 1 nitrogen and oxygen atoms in total. The van der Waals surface area contributed by atoms with Crippen LogP contribution in [0.2, 0.25) is 0 Å². The molecule has 0 aromatic heterocycles. The van der Waals surface area contributed by atoms with E-state index in [0.717, 1.165) is 4.47 Å². The maximum Gasteiger partial charge on any atom is 0.137 e. The van der Waals surface area contributed by atoms with Gasteiger partial charge in [0.2, 0.25) is 0 Å². The maximum absolute atomic E-state index is 13.7. The molecule has 1 unspecified atom stereocenters. The zero-order valence-electron chi connectivity index (χ0n) is 9.13. The number of nitrogens with two attached hydrogens (primary N) is 1. The molecule has 0 saturated heterocycles. The predicted molar refractivity (Wildman–Crippen MR) is 74.2 cm³/mol. The summed E-state index contributed by atoms with van der Waals surface area (Å²) in [7, 11) is 0. The third-order valence-corrected chi connectivity index (χ3v) is 3.73. The molecule has 94 valence electrons. The lowest BCUT2D eigenvalue weighted by Gasteiger charge is -2.14. The van der Waals surface area contributed by atoms with Gasteiger partial charge in [-0.25, -0.2) is 8.78 Å². The lowest BCUT2D eigenvalue weighted by molar-refractivity contribution is 0.594. The Kier molecular flexibility index (Phi) is 4.14. The first kappa shape index (κ1) is 13.6. The normalized spacial score (nSPS) is 12.5. The van der Waals surface area contributed by atoms with Crippen molar-refractivity contribution in [2.75, 3.05) is 0 Å². The van der Waals surface area contributed by atoms with Crippen molar-refractivity contribution in [2.24, 2.45) is 5.73 Å². The Balaban J connectivity index is 2.44. The van der Waals surface area contributed by atoms with Crippen LogP contribution in [0.1, 0.15) is 17.2 Å². The molecular weight excluding hydrogens is 368 g/mol. The van der Waals surface area contributed by atoms with E-state index in [1.165, 1.54) is 12.1 Å². The molecule has 2 aromatic rings. The lowest BCUT2D eigenvalue weighted by atomic mass is 9.99. The van der Waals surface area contributed by atoms with E-state index >= 15 is 0 Å². The van der Waals surface area contributed by atoms with Crippen LogP contribution < -0.4 is 5.73 Å². The monoisotopic (exact) mass is 375 g/mol. The van der Waals surface area contributed by atoms with Crippen LogP contribution >= 0.6 is 31.9 Å². The summed E-state index contributed by atoms with van der Waals surface area (Å²) in [4.78, 5) is 0. The molecule has 18 heavy (non-hydrogen) atoms.